The molecule has 0 bridgehead atoms. The van der Waals surface area contributed by atoms with Crippen LogP contribution in [0.15, 0.2) is 18.6 Å². The smallest absolute Gasteiger partial charge is 0.144 e. The van der Waals surface area contributed by atoms with Crippen LogP contribution in [0.5, 0.6) is 0 Å². The van der Waals surface area contributed by atoms with Crippen LogP contribution in [0.25, 0.3) is 0 Å². The Morgan fingerprint density at radius 2 is 2.19 bits per heavy atom. The zero-order valence-corrected chi connectivity index (χ0v) is 9.30. The standard InChI is InChI=1S/C12H17N3O/c1-2-9(1)11-7-10(3-6-16-11)15-12-8-13-4-5-14-12/h4-5,8-11H,1-3,6-7H2,(H,14,15). The van der Waals surface area contributed by atoms with Gasteiger partial charge < -0.3 is 10.1 Å². The zero-order valence-electron chi connectivity index (χ0n) is 9.30. The van der Waals surface area contributed by atoms with E-state index in [2.05, 4.69) is 15.3 Å². The number of anilines is 1. The van der Waals surface area contributed by atoms with Gasteiger partial charge in [-0.1, -0.05) is 0 Å². The molecule has 86 valence electrons. The molecule has 1 aliphatic heterocycles. The summed E-state index contributed by atoms with van der Waals surface area (Å²) in [6.07, 6.45) is 10.6. The molecule has 2 aliphatic rings. The van der Waals surface area contributed by atoms with Gasteiger partial charge in [-0.05, 0) is 31.6 Å². The van der Waals surface area contributed by atoms with Gasteiger partial charge in [0.2, 0.25) is 0 Å². The van der Waals surface area contributed by atoms with Gasteiger partial charge in [-0.25, -0.2) is 4.98 Å². The van der Waals surface area contributed by atoms with Gasteiger partial charge in [0, 0.05) is 25.0 Å². The van der Waals surface area contributed by atoms with Crippen molar-refractivity contribution in [3.05, 3.63) is 18.6 Å². The average Bonchev–Trinajstić information content (AvgIpc) is 3.15. The van der Waals surface area contributed by atoms with Crippen molar-refractivity contribution < 1.29 is 4.74 Å². The Labute approximate surface area is 95.4 Å². The number of nitrogens with one attached hydrogen (secondary N) is 1. The first-order valence-corrected chi connectivity index (χ1v) is 6.06. The number of nitrogens with zero attached hydrogens (tertiary/aromatic N) is 2. The van der Waals surface area contributed by atoms with Crippen LogP contribution in [0, 0.1) is 5.92 Å². The molecule has 2 fully saturated rings. The van der Waals surface area contributed by atoms with Crippen LogP contribution in [0.2, 0.25) is 0 Å². The van der Waals surface area contributed by atoms with Crippen LogP contribution in [0.4, 0.5) is 5.82 Å². The van der Waals surface area contributed by atoms with E-state index in [4.69, 9.17) is 4.74 Å². The van der Waals surface area contributed by atoms with Gasteiger partial charge in [-0.3, -0.25) is 4.98 Å². The predicted molar refractivity (Wildman–Crippen MR) is 61.1 cm³/mol. The van der Waals surface area contributed by atoms with Crippen LogP contribution in [-0.4, -0.2) is 28.7 Å². The van der Waals surface area contributed by atoms with Gasteiger partial charge in [-0.2, -0.15) is 0 Å². The minimum atomic E-state index is 0.475. The van der Waals surface area contributed by atoms with Crippen molar-refractivity contribution in [1.82, 2.24) is 9.97 Å². The molecule has 2 unspecified atom stereocenters. The van der Waals surface area contributed by atoms with Crippen molar-refractivity contribution in [2.45, 2.75) is 37.8 Å². The second-order valence-electron chi connectivity index (χ2n) is 4.70. The highest BCUT2D eigenvalue weighted by Gasteiger charge is 2.35. The van der Waals surface area contributed by atoms with Crippen molar-refractivity contribution in [2.24, 2.45) is 5.92 Å². The molecule has 4 heteroatoms. The lowest BCUT2D eigenvalue weighted by molar-refractivity contribution is -0.00223. The third-order valence-electron chi connectivity index (χ3n) is 3.38. The molecule has 16 heavy (non-hydrogen) atoms. The molecular formula is C12H17N3O. The molecule has 1 N–H and O–H groups in total. The maximum absolute atomic E-state index is 5.79. The summed E-state index contributed by atoms with van der Waals surface area (Å²) in [6, 6.07) is 0.496. The van der Waals surface area contributed by atoms with Gasteiger partial charge in [0.25, 0.3) is 0 Å². The van der Waals surface area contributed by atoms with Crippen molar-refractivity contribution in [3.8, 4) is 0 Å². The second kappa shape index (κ2) is 4.37. The fourth-order valence-electron chi connectivity index (χ4n) is 2.34. The van der Waals surface area contributed by atoms with E-state index < -0.39 is 0 Å². The molecule has 0 aromatic carbocycles. The van der Waals surface area contributed by atoms with Crippen molar-refractivity contribution in [2.75, 3.05) is 11.9 Å². The molecule has 3 rings (SSSR count). The number of aromatic nitrogens is 2. The number of rotatable bonds is 3. The summed E-state index contributed by atoms with van der Waals surface area (Å²) >= 11 is 0. The van der Waals surface area contributed by atoms with E-state index in [1.54, 1.807) is 18.6 Å². The van der Waals surface area contributed by atoms with Crippen molar-refractivity contribution >= 4 is 5.82 Å². The highest BCUT2D eigenvalue weighted by Crippen LogP contribution is 2.38. The first-order valence-electron chi connectivity index (χ1n) is 6.06. The molecule has 2 heterocycles. The van der Waals surface area contributed by atoms with E-state index in [0.29, 0.717) is 12.1 Å². The molecule has 1 saturated heterocycles. The maximum atomic E-state index is 5.79. The third-order valence-corrected chi connectivity index (χ3v) is 3.38. The van der Waals surface area contributed by atoms with Gasteiger partial charge in [-0.15, -0.1) is 0 Å². The Morgan fingerprint density at radius 3 is 2.94 bits per heavy atom. The minimum absolute atomic E-state index is 0.475. The number of hydrogen-bond acceptors (Lipinski definition) is 4. The van der Waals surface area contributed by atoms with Gasteiger partial charge in [0.1, 0.15) is 5.82 Å². The largest absolute Gasteiger partial charge is 0.378 e. The Kier molecular flexibility index (Phi) is 2.74. The molecule has 0 radical (unpaired) electrons. The fourth-order valence-corrected chi connectivity index (χ4v) is 2.34. The Balaban J connectivity index is 1.58. The molecule has 4 nitrogen and oxygen atoms in total. The molecule has 1 saturated carbocycles. The van der Waals surface area contributed by atoms with E-state index in [-0.39, 0.29) is 0 Å². The minimum Gasteiger partial charge on any atom is -0.378 e. The van der Waals surface area contributed by atoms with Crippen LogP contribution < -0.4 is 5.32 Å². The Bertz CT molecular complexity index is 339. The lowest BCUT2D eigenvalue weighted by Gasteiger charge is -2.30. The molecule has 1 aliphatic carbocycles. The number of ether oxygens (including phenoxy) is 1. The lowest BCUT2D eigenvalue weighted by atomic mass is 10.0. The monoisotopic (exact) mass is 219 g/mol. The van der Waals surface area contributed by atoms with E-state index in [1.165, 1.54) is 12.8 Å². The predicted octanol–water partition coefficient (Wildman–Crippen LogP) is 1.85. The van der Waals surface area contributed by atoms with Gasteiger partial charge >= 0.3 is 0 Å². The Morgan fingerprint density at radius 1 is 1.25 bits per heavy atom. The summed E-state index contributed by atoms with van der Waals surface area (Å²) in [5.41, 5.74) is 0. The SMILES string of the molecule is c1cnc(NC2CCOC(C3CC3)C2)cn1. The summed E-state index contributed by atoms with van der Waals surface area (Å²) in [6.45, 7) is 0.874. The summed E-state index contributed by atoms with van der Waals surface area (Å²) < 4.78 is 5.79. The van der Waals surface area contributed by atoms with Crippen LogP contribution in [0.3, 0.4) is 0 Å². The topological polar surface area (TPSA) is 47.0 Å². The van der Waals surface area contributed by atoms with Gasteiger partial charge in [0.05, 0.1) is 12.3 Å². The highest BCUT2D eigenvalue weighted by molar-refractivity contribution is 5.31. The molecule has 0 amide bonds. The fraction of sp³-hybridized carbons (Fsp3) is 0.667. The van der Waals surface area contributed by atoms with Crippen LogP contribution >= 0.6 is 0 Å². The molecule has 1 aromatic heterocycles. The maximum Gasteiger partial charge on any atom is 0.144 e. The van der Waals surface area contributed by atoms with Gasteiger partial charge in [0.15, 0.2) is 0 Å². The lowest BCUT2D eigenvalue weighted by Crippen LogP contribution is -2.35. The first kappa shape index (κ1) is 10.0. The van der Waals surface area contributed by atoms with Crippen LogP contribution in [-0.2, 0) is 4.74 Å². The van der Waals surface area contributed by atoms with Crippen LogP contribution in [0.1, 0.15) is 25.7 Å². The normalized spacial score (nSPS) is 30.0. The van der Waals surface area contributed by atoms with E-state index in [0.717, 1.165) is 31.2 Å². The second-order valence-corrected chi connectivity index (χ2v) is 4.70. The molecule has 1 aromatic rings. The molecular weight excluding hydrogens is 202 g/mol. The highest BCUT2D eigenvalue weighted by atomic mass is 16.5. The third kappa shape index (κ3) is 2.32. The quantitative estimate of drug-likeness (QED) is 0.842. The first-order chi connectivity index (χ1) is 7.92. The number of hydrogen-bond donors (Lipinski definition) is 1. The summed E-state index contributed by atoms with van der Waals surface area (Å²) in [4.78, 5) is 8.30. The van der Waals surface area contributed by atoms with Crippen molar-refractivity contribution in [3.63, 3.8) is 0 Å². The van der Waals surface area contributed by atoms with E-state index >= 15 is 0 Å². The van der Waals surface area contributed by atoms with E-state index in [1.807, 2.05) is 0 Å². The summed E-state index contributed by atoms with van der Waals surface area (Å²) in [5.74, 6) is 1.70. The average molecular weight is 219 g/mol. The van der Waals surface area contributed by atoms with E-state index in [9.17, 15) is 0 Å². The Hall–Kier alpha value is -1.16. The zero-order chi connectivity index (χ0) is 10.8. The molecule has 2 atom stereocenters. The molecule has 0 spiro atoms. The summed E-state index contributed by atoms with van der Waals surface area (Å²) in [5, 5.41) is 3.44. The van der Waals surface area contributed by atoms with Crippen molar-refractivity contribution in [1.29, 1.82) is 0 Å². The summed E-state index contributed by atoms with van der Waals surface area (Å²) in [7, 11) is 0.